The Bertz CT molecular complexity index is 902. The Balaban J connectivity index is 1.51. The molecule has 0 saturated heterocycles. The summed E-state index contributed by atoms with van der Waals surface area (Å²) in [6.45, 7) is 2.20. The first-order chi connectivity index (χ1) is 13.9. The molecule has 3 rings (SSSR count). The van der Waals surface area contributed by atoms with Crippen LogP contribution in [0.2, 0.25) is 0 Å². The van der Waals surface area contributed by atoms with Crippen molar-refractivity contribution in [1.82, 2.24) is 15.2 Å². The van der Waals surface area contributed by atoms with E-state index in [1.54, 1.807) is 60.7 Å². The summed E-state index contributed by atoms with van der Waals surface area (Å²) in [5, 5.41) is 12.0. The fourth-order valence-corrected chi connectivity index (χ4v) is 3.07. The number of nitriles is 1. The molecule has 2 aromatic rings. The molecule has 1 aromatic carbocycles. The zero-order valence-corrected chi connectivity index (χ0v) is 16.6. The summed E-state index contributed by atoms with van der Waals surface area (Å²) in [6.07, 6.45) is 4.86. The van der Waals surface area contributed by atoms with Gasteiger partial charge in [-0.25, -0.2) is 0 Å². The fourth-order valence-electron chi connectivity index (χ4n) is 3.07. The third kappa shape index (κ3) is 5.32. The molecule has 1 aliphatic rings. The first kappa shape index (κ1) is 20.3. The van der Waals surface area contributed by atoms with Crippen LogP contribution in [0, 0.1) is 11.3 Å². The van der Waals surface area contributed by atoms with E-state index < -0.39 is 0 Å². The van der Waals surface area contributed by atoms with Gasteiger partial charge in [0.05, 0.1) is 29.3 Å². The fraction of sp³-hybridized carbons (Fsp3) is 0.364. The summed E-state index contributed by atoms with van der Waals surface area (Å²) < 4.78 is 5.46. The molecule has 1 N–H and O–H groups in total. The number of hydrogen-bond donors (Lipinski definition) is 1. The summed E-state index contributed by atoms with van der Waals surface area (Å²) >= 11 is 0. The van der Waals surface area contributed by atoms with Gasteiger partial charge in [0.25, 0.3) is 5.91 Å². The predicted octanol–water partition coefficient (Wildman–Crippen LogP) is 2.24. The van der Waals surface area contributed by atoms with Crippen molar-refractivity contribution in [2.24, 2.45) is 0 Å². The number of carbonyl (C=O) groups excluding carboxylic acids is 2. The third-order valence-corrected chi connectivity index (χ3v) is 5.14. The molecule has 1 aliphatic carbocycles. The molecule has 2 amide bonds. The minimum atomic E-state index is -0.378. The van der Waals surface area contributed by atoms with E-state index in [0.29, 0.717) is 17.9 Å². The average molecular weight is 392 g/mol. The van der Waals surface area contributed by atoms with Crippen molar-refractivity contribution < 1.29 is 14.3 Å². The Kier molecular flexibility index (Phi) is 6.13. The second-order valence-corrected chi connectivity index (χ2v) is 7.45. The molecular formula is C22H24N4O3. The number of nitrogens with one attached hydrogen (secondary N) is 1. The van der Waals surface area contributed by atoms with Crippen molar-refractivity contribution in [3.05, 3.63) is 59.9 Å². The Hall–Kier alpha value is -3.40. The number of benzene rings is 1. The Morgan fingerprint density at radius 2 is 2.03 bits per heavy atom. The molecule has 0 aliphatic heterocycles. The minimum Gasteiger partial charge on any atom is -0.482 e. The topological polar surface area (TPSA) is 95.3 Å². The van der Waals surface area contributed by atoms with Crippen LogP contribution >= 0.6 is 0 Å². The van der Waals surface area contributed by atoms with Gasteiger partial charge in [-0.1, -0.05) is 12.1 Å². The molecule has 7 heteroatoms. The van der Waals surface area contributed by atoms with E-state index >= 15 is 0 Å². The quantitative estimate of drug-likeness (QED) is 0.743. The van der Waals surface area contributed by atoms with Crippen LogP contribution in [0.5, 0.6) is 5.75 Å². The zero-order valence-electron chi connectivity index (χ0n) is 16.6. The van der Waals surface area contributed by atoms with Gasteiger partial charge in [0.2, 0.25) is 5.91 Å². The van der Waals surface area contributed by atoms with Crippen molar-refractivity contribution in [2.75, 3.05) is 20.2 Å². The lowest BCUT2D eigenvalue weighted by molar-refractivity contribution is -0.133. The van der Waals surface area contributed by atoms with E-state index in [4.69, 9.17) is 10.00 Å². The molecular weight excluding hydrogens is 368 g/mol. The van der Waals surface area contributed by atoms with Crippen LogP contribution in [-0.4, -0.2) is 47.4 Å². The van der Waals surface area contributed by atoms with Crippen molar-refractivity contribution in [2.45, 2.75) is 31.2 Å². The average Bonchev–Trinajstić information content (AvgIpc) is 3.50. The van der Waals surface area contributed by atoms with Gasteiger partial charge in [-0.2, -0.15) is 5.26 Å². The van der Waals surface area contributed by atoms with Crippen LogP contribution in [0.1, 0.15) is 36.8 Å². The van der Waals surface area contributed by atoms with E-state index in [9.17, 15) is 9.59 Å². The summed E-state index contributed by atoms with van der Waals surface area (Å²) in [5.41, 5.74) is 1.04. The SMILES string of the molecule is CC(C(=O)NC1(CN(C)C(=O)COc2cccnc2)CC1)c1ccc(C#N)cc1. The van der Waals surface area contributed by atoms with Gasteiger partial charge in [-0.15, -0.1) is 0 Å². The molecule has 1 saturated carbocycles. The highest BCUT2D eigenvalue weighted by Crippen LogP contribution is 2.36. The first-order valence-corrected chi connectivity index (χ1v) is 9.51. The highest BCUT2D eigenvalue weighted by Gasteiger charge is 2.46. The summed E-state index contributed by atoms with van der Waals surface area (Å²) in [5.74, 6) is -0.0377. The largest absolute Gasteiger partial charge is 0.482 e. The molecule has 0 radical (unpaired) electrons. The normalized spacial score (nSPS) is 14.9. The molecule has 1 atom stereocenters. The summed E-state index contributed by atoms with van der Waals surface area (Å²) in [6, 6.07) is 12.6. The monoisotopic (exact) mass is 392 g/mol. The minimum absolute atomic E-state index is 0.0755. The molecule has 150 valence electrons. The number of carbonyl (C=O) groups is 2. The van der Waals surface area contributed by atoms with E-state index in [0.717, 1.165) is 18.4 Å². The number of amides is 2. The molecule has 1 aromatic heterocycles. The maximum absolute atomic E-state index is 12.7. The van der Waals surface area contributed by atoms with Crippen molar-refractivity contribution in [3.8, 4) is 11.8 Å². The lowest BCUT2D eigenvalue weighted by Gasteiger charge is -2.26. The van der Waals surface area contributed by atoms with Gasteiger partial charge in [0.15, 0.2) is 6.61 Å². The molecule has 29 heavy (non-hydrogen) atoms. The third-order valence-electron chi connectivity index (χ3n) is 5.14. The van der Waals surface area contributed by atoms with Gasteiger partial charge >= 0.3 is 0 Å². The smallest absolute Gasteiger partial charge is 0.260 e. The van der Waals surface area contributed by atoms with Crippen molar-refractivity contribution >= 4 is 11.8 Å². The summed E-state index contributed by atoms with van der Waals surface area (Å²) in [7, 11) is 1.71. The van der Waals surface area contributed by atoms with Gasteiger partial charge in [-0.05, 0) is 49.6 Å². The molecule has 0 bridgehead atoms. The summed E-state index contributed by atoms with van der Waals surface area (Å²) in [4.78, 5) is 30.6. The van der Waals surface area contributed by atoms with Crippen molar-refractivity contribution in [3.63, 3.8) is 0 Å². The number of nitrogens with zero attached hydrogens (tertiary/aromatic N) is 3. The standard InChI is InChI=1S/C22H24N4O3/c1-16(18-7-5-17(12-23)6-8-18)21(28)25-22(9-10-22)15-26(2)20(27)14-29-19-4-3-11-24-13-19/h3-8,11,13,16H,9-10,14-15H2,1-2H3,(H,25,28). The lowest BCUT2D eigenvalue weighted by Crippen LogP contribution is -2.48. The first-order valence-electron chi connectivity index (χ1n) is 9.51. The van der Waals surface area contributed by atoms with Gasteiger partial charge in [0, 0.05) is 19.8 Å². The Labute approximate surface area is 170 Å². The van der Waals surface area contributed by atoms with Crippen LogP contribution in [0.3, 0.4) is 0 Å². The number of ether oxygens (including phenoxy) is 1. The number of hydrogen-bond acceptors (Lipinski definition) is 5. The van der Waals surface area contributed by atoms with E-state index in [-0.39, 0.29) is 29.9 Å². The number of rotatable bonds is 8. The van der Waals surface area contributed by atoms with Crippen LogP contribution in [0.4, 0.5) is 0 Å². The number of likely N-dealkylation sites (N-methyl/N-ethyl adjacent to an activating group) is 1. The van der Waals surface area contributed by atoms with Crippen molar-refractivity contribution in [1.29, 1.82) is 5.26 Å². The molecule has 7 nitrogen and oxygen atoms in total. The van der Waals surface area contributed by atoms with Crippen LogP contribution in [0.25, 0.3) is 0 Å². The van der Waals surface area contributed by atoms with E-state index in [1.807, 2.05) is 6.92 Å². The van der Waals surface area contributed by atoms with Gasteiger partial charge in [0.1, 0.15) is 5.75 Å². The molecule has 1 unspecified atom stereocenters. The molecule has 1 heterocycles. The lowest BCUT2D eigenvalue weighted by atomic mass is 9.98. The highest BCUT2D eigenvalue weighted by molar-refractivity contribution is 5.84. The van der Waals surface area contributed by atoms with E-state index in [1.165, 1.54) is 0 Å². The second kappa shape index (κ2) is 8.74. The number of aromatic nitrogens is 1. The number of pyridine rings is 1. The maximum Gasteiger partial charge on any atom is 0.260 e. The zero-order chi connectivity index (χ0) is 20.9. The van der Waals surface area contributed by atoms with Crippen LogP contribution in [0.15, 0.2) is 48.8 Å². The Morgan fingerprint density at radius 3 is 2.62 bits per heavy atom. The Morgan fingerprint density at radius 1 is 1.31 bits per heavy atom. The van der Waals surface area contributed by atoms with Gasteiger partial charge in [-0.3, -0.25) is 14.6 Å². The maximum atomic E-state index is 12.7. The second-order valence-electron chi connectivity index (χ2n) is 7.45. The van der Waals surface area contributed by atoms with E-state index in [2.05, 4.69) is 16.4 Å². The highest BCUT2D eigenvalue weighted by atomic mass is 16.5. The van der Waals surface area contributed by atoms with Crippen LogP contribution < -0.4 is 10.1 Å². The van der Waals surface area contributed by atoms with Crippen LogP contribution in [-0.2, 0) is 9.59 Å². The molecule has 0 spiro atoms. The molecule has 1 fully saturated rings. The predicted molar refractivity (Wildman–Crippen MR) is 107 cm³/mol. The van der Waals surface area contributed by atoms with Gasteiger partial charge < -0.3 is 15.0 Å².